The quantitative estimate of drug-likeness (QED) is 0.148. The summed E-state index contributed by atoms with van der Waals surface area (Å²) in [5.74, 6) is 1.74. The third-order valence-corrected chi connectivity index (χ3v) is 10.9. The van der Waals surface area contributed by atoms with E-state index < -0.39 is 15.3 Å². The number of ether oxygens (including phenoxy) is 2. The molecule has 0 saturated heterocycles. The third kappa shape index (κ3) is 7.70. The van der Waals surface area contributed by atoms with Crippen LogP contribution in [0.3, 0.4) is 0 Å². The van der Waals surface area contributed by atoms with Crippen LogP contribution in [-0.2, 0) is 20.7 Å². The number of fused-ring (bicyclic) bond motifs is 3. The van der Waals surface area contributed by atoms with Crippen LogP contribution >= 0.6 is 0 Å². The van der Waals surface area contributed by atoms with E-state index in [-0.39, 0.29) is 15.9 Å². The second-order valence-corrected chi connectivity index (χ2v) is 16.8. The lowest BCUT2D eigenvalue weighted by atomic mass is 9.68. The Morgan fingerprint density at radius 3 is 1.58 bits per heavy atom. The minimum atomic E-state index is -3.48. The molecule has 0 amide bonds. The molecule has 0 atom stereocenters. The molecule has 5 heteroatoms. The fourth-order valence-electron chi connectivity index (χ4n) is 6.78. The Labute approximate surface area is 311 Å². The highest BCUT2D eigenvalue weighted by molar-refractivity contribution is 7.95. The molecule has 1 aliphatic carbocycles. The molecule has 0 N–H and O–H groups in total. The Morgan fingerprint density at radius 1 is 0.673 bits per heavy atom. The molecule has 0 fully saturated rings. The number of rotatable bonds is 8. The Hall–Kier alpha value is -5.13. The number of methoxy groups -OCH3 is 1. The highest BCUT2D eigenvalue weighted by atomic mass is 32.2. The molecular weight excluding hydrogens is 661 g/mol. The first kappa shape index (κ1) is 38.1. The summed E-state index contributed by atoms with van der Waals surface area (Å²) in [6, 6.07) is 41.7. The van der Waals surface area contributed by atoms with Crippen LogP contribution in [0, 0.1) is 0 Å². The second-order valence-electron chi connectivity index (χ2n) is 14.9. The van der Waals surface area contributed by atoms with Gasteiger partial charge in [-0.1, -0.05) is 124 Å². The zero-order chi connectivity index (χ0) is 37.7. The number of sulfone groups is 1. The van der Waals surface area contributed by atoms with Crippen molar-refractivity contribution in [3.63, 3.8) is 0 Å². The van der Waals surface area contributed by atoms with Crippen molar-refractivity contribution in [2.24, 2.45) is 0 Å². The van der Waals surface area contributed by atoms with Crippen molar-refractivity contribution in [2.45, 2.75) is 69.8 Å². The van der Waals surface area contributed by atoms with Gasteiger partial charge in [0.1, 0.15) is 17.1 Å². The summed E-state index contributed by atoms with van der Waals surface area (Å²) in [6.07, 6.45) is 6.27. The van der Waals surface area contributed by atoms with E-state index in [1.807, 2.05) is 12.1 Å². The molecular formula is C47H50O4S. The predicted octanol–water partition coefficient (Wildman–Crippen LogP) is 11.6. The highest BCUT2D eigenvalue weighted by Gasteiger charge is 2.45. The predicted molar refractivity (Wildman–Crippen MR) is 216 cm³/mol. The highest BCUT2D eigenvalue weighted by Crippen LogP contribution is 2.56. The van der Waals surface area contributed by atoms with E-state index in [0.29, 0.717) is 4.90 Å². The summed E-state index contributed by atoms with van der Waals surface area (Å²) in [5.41, 5.74) is 8.10. The fourth-order valence-corrected chi connectivity index (χ4v) is 8.13. The molecule has 268 valence electrons. The normalized spacial score (nSPS) is 13.8. The molecule has 4 nitrogen and oxygen atoms in total. The Kier molecular flexibility index (Phi) is 11.2. The number of allylic oxidation sites excluding steroid dienone is 4. The van der Waals surface area contributed by atoms with Gasteiger partial charge in [-0.3, -0.25) is 0 Å². The van der Waals surface area contributed by atoms with Gasteiger partial charge in [0.25, 0.3) is 0 Å². The summed E-state index contributed by atoms with van der Waals surface area (Å²) in [7, 11) is -1.78. The Morgan fingerprint density at radius 2 is 1.15 bits per heavy atom. The molecule has 5 aromatic carbocycles. The molecule has 52 heavy (non-hydrogen) atoms. The zero-order valence-electron chi connectivity index (χ0n) is 31.6. The van der Waals surface area contributed by atoms with E-state index in [2.05, 4.69) is 145 Å². The zero-order valence-corrected chi connectivity index (χ0v) is 32.4. The average molecular weight is 711 g/mol. The van der Waals surface area contributed by atoms with E-state index in [9.17, 15) is 8.42 Å². The fraction of sp³-hybridized carbons (Fsp3) is 0.234. The van der Waals surface area contributed by atoms with Crippen LogP contribution in [0.25, 0.3) is 11.1 Å². The van der Waals surface area contributed by atoms with Crippen molar-refractivity contribution in [3.8, 4) is 22.6 Å². The molecule has 1 aliphatic rings. The van der Waals surface area contributed by atoms with E-state index in [4.69, 9.17) is 9.47 Å². The van der Waals surface area contributed by atoms with Crippen molar-refractivity contribution >= 4 is 9.84 Å². The number of hydrogen-bond donors (Lipinski definition) is 0. The lowest BCUT2D eigenvalue weighted by Crippen LogP contribution is -2.28. The average Bonchev–Trinajstić information content (AvgIpc) is 3.42. The third-order valence-electron chi connectivity index (χ3n) is 9.14. The van der Waals surface area contributed by atoms with Gasteiger partial charge < -0.3 is 9.47 Å². The summed E-state index contributed by atoms with van der Waals surface area (Å²) in [6.45, 7) is 17.9. The second kappa shape index (κ2) is 15.2. The molecule has 0 heterocycles. The summed E-state index contributed by atoms with van der Waals surface area (Å²) in [5, 5.41) is 0. The van der Waals surface area contributed by atoms with Gasteiger partial charge in [-0.05, 0) is 121 Å². The van der Waals surface area contributed by atoms with Gasteiger partial charge in [-0.2, -0.15) is 0 Å². The number of hydrogen-bond acceptors (Lipinski definition) is 4. The maximum atomic E-state index is 12.5. The van der Waals surface area contributed by atoms with E-state index >= 15 is 0 Å². The molecule has 5 aromatic rings. The maximum Gasteiger partial charge on any atom is 0.206 e. The molecule has 0 radical (unpaired) electrons. The largest absolute Gasteiger partial charge is 0.497 e. The first-order valence-corrected chi connectivity index (χ1v) is 19.1. The van der Waals surface area contributed by atoms with Crippen LogP contribution < -0.4 is 9.47 Å². The van der Waals surface area contributed by atoms with Crippen LogP contribution in [0.5, 0.6) is 11.5 Å². The molecule has 0 bridgehead atoms. The van der Waals surface area contributed by atoms with E-state index in [0.717, 1.165) is 17.1 Å². The van der Waals surface area contributed by atoms with Gasteiger partial charge in [0.2, 0.25) is 9.84 Å². The van der Waals surface area contributed by atoms with Gasteiger partial charge in [0.15, 0.2) is 0 Å². The van der Waals surface area contributed by atoms with Crippen LogP contribution in [0.15, 0.2) is 162 Å². The molecule has 0 aliphatic heterocycles. The molecule has 0 saturated carbocycles. The van der Waals surface area contributed by atoms with Crippen LogP contribution in [-0.4, -0.2) is 21.1 Å². The smallest absolute Gasteiger partial charge is 0.206 e. The van der Waals surface area contributed by atoms with Crippen molar-refractivity contribution < 1.29 is 17.9 Å². The Bertz CT molecular complexity index is 2130. The van der Waals surface area contributed by atoms with Crippen molar-refractivity contribution in [2.75, 3.05) is 7.11 Å². The monoisotopic (exact) mass is 710 g/mol. The first-order chi connectivity index (χ1) is 24.7. The lowest BCUT2D eigenvalue weighted by Gasteiger charge is -2.34. The minimum Gasteiger partial charge on any atom is -0.497 e. The summed E-state index contributed by atoms with van der Waals surface area (Å²) >= 11 is 0. The molecule has 0 spiro atoms. The first-order valence-electron chi connectivity index (χ1n) is 17.6. The lowest BCUT2D eigenvalue weighted by molar-refractivity contribution is 0.131. The topological polar surface area (TPSA) is 52.6 Å². The van der Waals surface area contributed by atoms with E-state index in [1.165, 1.54) is 45.5 Å². The van der Waals surface area contributed by atoms with Crippen molar-refractivity contribution in [1.82, 2.24) is 0 Å². The van der Waals surface area contributed by atoms with Gasteiger partial charge in [-0.15, -0.1) is 0 Å². The molecule has 6 rings (SSSR count). The van der Waals surface area contributed by atoms with Crippen molar-refractivity contribution in [3.05, 3.63) is 185 Å². The van der Waals surface area contributed by atoms with Gasteiger partial charge in [0, 0.05) is 0 Å². The van der Waals surface area contributed by atoms with Gasteiger partial charge in [0.05, 0.1) is 22.3 Å². The van der Waals surface area contributed by atoms with Crippen LogP contribution in [0.2, 0.25) is 0 Å². The Balaban J connectivity index is 0.000000226. The van der Waals surface area contributed by atoms with E-state index in [1.54, 1.807) is 38.3 Å². The summed E-state index contributed by atoms with van der Waals surface area (Å²) < 4.78 is 36.6. The van der Waals surface area contributed by atoms with Crippen LogP contribution in [0.4, 0.5) is 0 Å². The van der Waals surface area contributed by atoms with Gasteiger partial charge in [-0.25, -0.2) is 8.42 Å². The SMILES string of the molecule is C=C/C=C(\C=C/C)S(=O)(=O)c1ccc(C(C)(C)C)cc1.COc1ccc(C2(c3ccc(OC(C)(C)C)cc3)c3ccccc3-c3ccccc32)cc1. The van der Waals surface area contributed by atoms with Gasteiger partial charge >= 0.3 is 0 Å². The standard InChI is InChI=1S/C30H28O2.C17H22O2S/c1-29(2,3)32-24-19-15-22(16-20-24)30(21-13-17-23(31-4)18-14-21)27-11-7-5-9-25(27)26-10-6-8-12-28(26)30;1-6-8-15(9-7-2)20(18,19)16-12-10-14(11-13-16)17(3,4)5/h5-20H,1-4H3;6-13H,1H2,2-5H3/b;9-7-,15-8+. The minimum absolute atomic E-state index is 0.00536. The number of benzene rings is 5. The molecule has 0 unspecified atom stereocenters. The molecule has 0 aromatic heterocycles. The maximum absolute atomic E-state index is 12.5. The summed E-state index contributed by atoms with van der Waals surface area (Å²) in [4.78, 5) is 0.551. The van der Waals surface area contributed by atoms with Crippen LogP contribution in [0.1, 0.15) is 76.3 Å². The van der Waals surface area contributed by atoms with Crippen molar-refractivity contribution in [1.29, 1.82) is 0 Å².